The molecule has 0 aliphatic carbocycles. The first-order valence-corrected chi connectivity index (χ1v) is 14.5. The molecule has 11 nitrogen and oxygen atoms in total. The number of anilines is 3. The standard InChI is InChI=1S/C30H40N8O3/c1-5-26(39)37-12-9-20(4)15-25(37)28(40)33-23-8-6-7-21(16-23)17-31-30-36-29(34-22-10-13-41-14-11-22)35-27-24(19(2)3)18-32-38(27)30/h5-8,16,18-20,22,25H,1,9-15,17H2,2-4H3,(H,33,40)(H2,31,34,35,36)/p+1. The first-order valence-electron chi connectivity index (χ1n) is 14.5. The third kappa shape index (κ3) is 6.67. The maximum atomic E-state index is 13.2. The molecular formula is C30H41N8O3+. The van der Waals surface area contributed by atoms with Crippen molar-refractivity contribution >= 4 is 35.0 Å². The van der Waals surface area contributed by atoms with Crippen molar-refractivity contribution < 1.29 is 14.3 Å². The summed E-state index contributed by atoms with van der Waals surface area (Å²) in [6.45, 7) is 12.7. The number of nitrogens with one attached hydrogen (secondary N) is 3. The Balaban J connectivity index is 1.32. The second kappa shape index (κ2) is 12.7. The predicted molar refractivity (Wildman–Crippen MR) is 160 cm³/mol. The lowest BCUT2D eigenvalue weighted by atomic mass is 9.91. The third-order valence-corrected chi connectivity index (χ3v) is 7.89. The molecule has 0 bridgehead atoms. The number of aliphatic hydroxyl groups is 2. The van der Waals surface area contributed by atoms with Gasteiger partial charge in [0.2, 0.25) is 23.7 Å². The Morgan fingerprint density at radius 1 is 1.20 bits per heavy atom. The van der Waals surface area contributed by atoms with Gasteiger partial charge in [0.1, 0.15) is 19.3 Å². The van der Waals surface area contributed by atoms with E-state index in [4.69, 9.17) is 9.97 Å². The van der Waals surface area contributed by atoms with Crippen LogP contribution < -0.4 is 16.0 Å². The number of rotatable bonds is 9. The quantitative estimate of drug-likeness (QED) is 0.268. The van der Waals surface area contributed by atoms with Gasteiger partial charge in [0.05, 0.1) is 6.20 Å². The third-order valence-electron chi connectivity index (χ3n) is 7.89. The van der Waals surface area contributed by atoms with Crippen LogP contribution in [0.25, 0.3) is 5.65 Å². The number of benzene rings is 1. The van der Waals surface area contributed by atoms with Crippen molar-refractivity contribution in [3.63, 3.8) is 0 Å². The van der Waals surface area contributed by atoms with E-state index in [2.05, 4.69) is 53.1 Å². The molecule has 11 heteroatoms. The van der Waals surface area contributed by atoms with Gasteiger partial charge in [-0.2, -0.15) is 19.6 Å². The molecule has 2 aliphatic rings. The van der Waals surface area contributed by atoms with Crippen LogP contribution in [0.3, 0.4) is 0 Å². The number of likely N-dealkylation sites (tertiary alicyclic amines) is 1. The van der Waals surface area contributed by atoms with E-state index in [1.165, 1.54) is 6.08 Å². The van der Waals surface area contributed by atoms with E-state index in [0.29, 0.717) is 49.1 Å². The molecule has 4 heterocycles. The summed E-state index contributed by atoms with van der Waals surface area (Å²) in [4.78, 5) is 36.8. The summed E-state index contributed by atoms with van der Waals surface area (Å²) >= 11 is 0. The van der Waals surface area contributed by atoms with Crippen LogP contribution in [-0.2, 0) is 16.1 Å². The van der Waals surface area contributed by atoms with Crippen LogP contribution in [0.4, 0.5) is 17.6 Å². The number of ether oxygens (including phenoxy) is 1. The van der Waals surface area contributed by atoms with E-state index in [1.54, 1.807) is 9.42 Å². The van der Waals surface area contributed by atoms with Crippen LogP contribution in [0.15, 0.2) is 43.1 Å². The summed E-state index contributed by atoms with van der Waals surface area (Å²) in [7, 11) is 0. The molecule has 1 aromatic carbocycles. The summed E-state index contributed by atoms with van der Waals surface area (Å²) in [6.07, 6.45) is 6.57. The van der Waals surface area contributed by atoms with E-state index in [0.717, 1.165) is 49.3 Å². The Bertz CT molecular complexity index is 1400. The zero-order valence-corrected chi connectivity index (χ0v) is 24.1. The second-order valence-electron chi connectivity index (χ2n) is 11.4. The molecule has 0 spiro atoms. The molecule has 4 N–H and O–H groups in total. The zero-order chi connectivity index (χ0) is 28.9. The van der Waals surface area contributed by atoms with Crippen molar-refractivity contribution in [2.75, 3.05) is 35.7 Å². The highest BCUT2D eigenvalue weighted by atomic mass is 16.5. The fourth-order valence-electron chi connectivity index (χ4n) is 5.49. The maximum absolute atomic E-state index is 13.2. The molecule has 2 atom stereocenters. The second-order valence-corrected chi connectivity index (χ2v) is 11.4. The first-order chi connectivity index (χ1) is 19.8. The summed E-state index contributed by atoms with van der Waals surface area (Å²) in [5.74, 6) is 1.41. The van der Waals surface area contributed by atoms with Gasteiger partial charge >= 0.3 is 0 Å². The highest BCUT2D eigenvalue weighted by Gasteiger charge is 2.34. The van der Waals surface area contributed by atoms with Gasteiger partial charge in [-0.1, -0.05) is 39.5 Å². The van der Waals surface area contributed by atoms with E-state index >= 15 is 0 Å². The number of carbonyl (C=O) groups excluding carboxylic acids is 2. The Hall–Kier alpha value is -3.99. The van der Waals surface area contributed by atoms with Gasteiger partial charge in [-0.25, -0.2) is 0 Å². The molecule has 2 amide bonds. The average molecular weight is 562 g/mol. The molecule has 2 aliphatic heterocycles. The largest absolute Gasteiger partial charge is 0.434 e. The molecule has 0 saturated carbocycles. The van der Waals surface area contributed by atoms with Crippen LogP contribution in [0, 0.1) is 5.92 Å². The first kappa shape index (κ1) is 28.5. The van der Waals surface area contributed by atoms with Crippen LogP contribution in [-0.4, -0.2) is 72.9 Å². The van der Waals surface area contributed by atoms with Gasteiger partial charge in [0, 0.05) is 43.2 Å². The molecule has 2 unspecified atom stereocenters. The molecule has 2 aromatic heterocycles. The number of fused-ring (bicyclic) bond motifs is 1. The smallest absolute Gasteiger partial charge is 0.247 e. The Morgan fingerprint density at radius 3 is 2.76 bits per heavy atom. The topological polar surface area (TPSA) is 129 Å². The number of carbonyl (C=O) groups is 2. The number of piperidine rings is 1. The van der Waals surface area contributed by atoms with Crippen molar-refractivity contribution in [3.05, 3.63) is 54.2 Å². The average Bonchev–Trinajstić information content (AvgIpc) is 3.41. The number of aromatic nitrogens is 4. The highest BCUT2D eigenvalue weighted by Crippen LogP contribution is 2.26. The van der Waals surface area contributed by atoms with Crippen LogP contribution in [0.5, 0.6) is 0 Å². The minimum atomic E-state index is -0.515. The molecule has 0 radical (unpaired) electrons. The minimum Gasteiger partial charge on any atom is -0.434 e. The fourth-order valence-corrected chi connectivity index (χ4v) is 5.49. The van der Waals surface area contributed by atoms with Crippen LogP contribution >= 0.6 is 0 Å². The molecular weight excluding hydrogens is 520 g/mol. The number of hydrogen-bond donors (Lipinski definition) is 3. The monoisotopic (exact) mass is 561 g/mol. The van der Waals surface area contributed by atoms with E-state index in [-0.39, 0.29) is 17.7 Å². The Labute approximate surface area is 240 Å². The molecule has 218 valence electrons. The predicted octanol–water partition coefficient (Wildman–Crippen LogP) is 3.71. The van der Waals surface area contributed by atoms with Crippen LogP contribution in [0.2, 0.25) is 0 Å². The number of nitrogens with zero attached hydrogens (tertiary/aromatic N) is 5. The van der Waals surface area contributed by atoms with Gasteiger partial charge in [0.25, 0.3) is 0 Å². The number of hydrogen-bond acceptors (Lipinski definition) is 7. The van der Waals surface area contributed by atoms with E-state index < -0.39 is 6.04 Å². The van der Waals surface area contributed by atoms with E-state index in [9.17, 15) is 9.59 Å². The zero-order valence-electron chi connectivity index (χ0n) is 24.1. The summed E-state index contributed by atoms with van der Waals surface area (Å²) in [6, 6.07) is 7.46. The fraction of sp³-hybridized carbons (Fsp3) is 0.500. The summed E-state index contributed by atoms with van der Waals surface area (Å²) in [5.41, 5.74) is 3.48. The van der Waals surface area contributed by atoms with Gasteiger partial charge < -0.3 is 25.6 Å². The van der Waals surface area contributed by atoms with Gasteiger partial charge in [-0.15, -0.1) is 0 Å². The van der Waals surface area contributed by atoms with Crippen molar-refractivity contribution in [3.8, 4) is 0 Å². The highest BCUT2D eigenvalue weighted by molar-refractivity contribution is 5.99. The van der Waals surface area contributed by atoms with Gasteiger partial charge in [0.15, 0.2) is 5.65 Å². The van der Waals surface area contributed by atoms with E-state index in [1.807, 2.05) is 30.5 Å². The Kier molecular flexibility index (Phi) is 8.82. The lowest BCUT2D eigenvalue weighted by Gasteiger charge is -2.37. The lowest BCUT2D eigenvalue weighted by molar-refractivity contribution is -0.137. The Morgan fingerprint density at radius 2 is 2.00 bits per heavy atom. The molecule has 2 fully saturated rings. The van der Waals surface area contributed by atoms with Gasteiger partial charge in [-0.3, -0.25) is 9.59 Å². The van der Waals surface area contributed by atoms with Gasteiger partial charge in [-0.05, 0) is 48.4 Å². The lowest BCUT2D eigenvalue weighted by Crippen LogP contribution is -2.51. The van der Waals surface area contributed by atoms with Crippen molar-refractivity contribution in [1.82, 2.24) is 24.5 Å². The van der Waals surface area contributed by atoms with Crippen molar-refractivity contribution in [1.29, 1.82) is 0 Å². The van der Waals surface area contributed by atoms with Crippen molar-refractivity contribution in [2.24, 2.45) is 5.92 Å². The minimum absolute atomic E-state index is 0.182. The molecule has 41 heavy (non-hydrogen) atoms. The summed E-state index contributed by atoms with van der Waals surface area (Å²) < 4.78 is 6.19. The molecule has 3 aromatic rings. The van der Waals surface area contributed by atoms with Crippen molar-refractivity contribution in [2.45, 2.75) is 71.0 Å². The SMILES string of the molecule is C=CC(=O)N1CCC(C)CC1C(=O)Nc1cccc(CNc2nc(NC3CC[OH+]CC3)nc3c(C(C)C)cnn23)c1. The summed E-state index contributed by atoms with van der Waals surface area (Å²) in [5, 5.41) is 14.5. The normalized spacial score (nSPS) is 19.8. The molecule has 2 saturated heterocycles. The maximum Gasteiger partial charge on any atom is 0.247 e. The van der Waals surface area contributed by atoms with Crippen LogP contribution in [0.1, 0.15) is 63.5 Å². The molecule has 5 rings (SSSR count). The number of amides is 2.